The van der Waals surface area contributed by atoms with E-state index in [1.807, 2.05) is 0 Å². The van der Waals surface area contributed by atoms with Gasteiger partial charge in [0.2, 0.25) is 5.82 Å². The Morgan fingerprint density at radius 1 is 0.724 bits per heavy atom. The predicted molar refractivity (Wildman–Crippen MR) is 99.6 cm³/mol. The summed E-state index contributed by atoms with van der Waals surface area (Å²) in [5.74, 6) is -4.10. The van der Waals surface area contributed by atoms with E-state index in [-0.39, 0.29) is 35.7 Å². The van der Waals surface area contributed by atoms with Crippen molar-refractivity contribution in [3.05, 3.63) is 82.9 Å². The highest BCUT2D eigenvalue weighted by Gasteiger charge is 2.16. The second-order valence-electron chi connectivity index (χ2n) is 6.16. The summed E-state index contributed by atoms with van der Waals surface area (Å²) in [6, 6.07) is 11.5. The second kappa shape index (κ2) is 8.96. The molecule has 29 heavy (non-hydrogen) atoms. The van der Waals surface area contributed by atoms with Crippen molar-refractivity contribution >= 4 is 0 Å². The number of halogens is 4. The van der Waals surface area contributed by atoms with E-state index in [9.17, 15) is 17.6 Å². The third-order valence-electron chi connectivity index (χ3n) is 4.32. The number of hydrogen-bond donors (Lipinski definition) is 1. The molecule has 0 saturated heterocycles. The van der Waals surface area contributed by atoms with Crippen LogP contribution in [0.15, 0.2) is 48.5 Å². The maximum atomic E-state index is 14.3. The van der Waals surface area contributed by atoms with Gasteiger partial charge in [0, 0.05) is 16.7 Å². The summed E-state index contributed by atoms with van der Waals surface area (Å²) in [6.07, 6.45) is 0. The highest BCUT2D eigenvalue weighted by Crippen LogP contribution is 2.31. The molecule has 0 fully saturated rings. The zero-order valence-corrected chi connectivity index (χ0v) is 15.5. The summed E-state index contributed by atoms with van der Waals surface area (Å²) in [6.45, 7) is 1.05. The summed E-state index contributed by atoms with van der Waals surface area (Å²) in [7, 11) is 0. The van der Waals surface area contributed by atoms with Gasteiger partial charge in [0.05, 0.1) is 13.2 Å². The molecular formula is C22H18F4O3. The van der Waals surface area contributed by atoms with Crippen LogP contribution in [-0.4, -0.2) is 11.7 Å². The molecule has 0 aromatic heterocycles. The van der Waals surface area contributed by atoms with E-state index in [1.165, 1.54) is 48.5 Å². The second-order valence-corrected chi connectivity index (χ2v) is 6.16. The lowest BCUT2D eigenvalue weighted by atomic mass is 10.0. The Bertz CT molecular complexity index is 1000. The summed E-state index contributed by atoms with van der Waals surface area (Å²) >= 11 is 0. The zero-order valence-electron chi connectivity index (χ0n) is 15.5. The van der Waals surface area contributed by atoms with E-state index in [0.717, 1.165) is 0 Å². The van der Waals surface area contributed by atoms with Crippen molar-refractivity contribution in [2.75, 3.05) is 6.61 Å². The van der Waals surface area contributed by atoms with Crippen molar-refractivity contribution in [2.24, 2.45) is 0 Å². The topological polar surface area (TPSA) is 38.7 Å². The van der Waals surface area contributed by atoms with Gasteiger partial charge in [0.15, 0.2) is 23.2 Å². The van der Waals surface area contributed by atoms with Gasteiger partial charge in [-0.2, -0.15) is 4.39 Å². The normalized spacial score (nSPS) is 10.8. The monoisotopic (exact) mass is 406 g/mol. The zero-order chi connectivity index (χ0) is 21.0. The molecule has 0 aliphatic heterocycles. The molecule has 152 valence electrons. The number of ether oxygens (including phenoxy) is 2. The van der Waals surface area contributed by atoms with Crippen LogP contribution in [0.5, 0.6) is 11.5 Å². The summed E-state index contributed by atoms with van der Waals surface area (Å²) < 4.78 is 66.5. The molecule has 0 aliphatic rings. The molecule has 0 atom stereocenters. The molecule has 7 heteroatoms. The molecule has 0 saturated carbocycles. The maximum Gasteiger partial charge on any atom is 0.201 e. The number of hydrogen-bond acceptors (Lipinski definition) is 3. The molecule has 0 heterocycles. The van der Waals surface area contributed by atoms with Gasteiger partial charge in [-0.1, -0.05) is 24.3 Å². The molecular weight excluding hydrogens is 388 g/mol. The van der Waals surface area contributed by atoms with Crippen molar-refractivity contribution in [1.29, 1.82) is 0 Å². The number of rotatable bonds is 7. The minimum Gasteiger partial charge on any atom is -0.491 e. The fraction of sp³-hybridized carbons (Fsp3) is 0.182. The molecule has 0 radical (unpaired) electrons. The molecule has 0 amide bonds. The Morgan fingerprint density at radius 2 is 1.38 bits per heavy atom. The third kappa shape index (κ3) is 4.35. The number of aliphatic hydroxyl groups is 1. The Balaban J connectivity index is 1.75. The molecule has 3 rings (SSSR count). The minimum absolute atomic E-state index is 0.0107. The standard InChI is InChI=1S/C22H18F4O3/c1-2-28-18-10-9-17(21(25)22(18)26)13-5-7-16(8-6-13)29-12-15-4-3-14(11-27)19(23)20(15)24/h3-10,27H,2,11-12H2,1H3. The van der Waals surface area contributed by atoms with Crippen LogP contribution in [0.4, 0.5) is 17.6 Å². The van der Waals surface area contributed by atoms with Gasteiger partial charge < -0.3 is 14.6 Å². The quantitative estimate of drug-likeness (QED) is 0.536. The summed E-state index contributed by atoms with van der Waals surface area (Å²) in [4.78, 5) is 0. The Labute approximate surface area is 165 Å². The van der Waals surface area contributed by atoms with Crippen LogP contribution in [0.25, 0.3) is 11.1 Å². The summed E-state index contributed by atoms with van der Waals surface area (Å²) in [5.41, 5.74) is 0.329. The van der Waals surface area contributed by atoms with Crippen molar-refractivity contribution in [3.63, 3.8) is 0 Å². The van der Waals surface area contributed by atoms with Gasteiger partial charge in [-0.25, -0.2) is 13.2 Å². The molecule has 3 aromatic rings. The molecule has 0 aliphatic carbocycles. The van der Waals surface area contributed by atoms with Gasteiger partial charge in [0.25, 0.3) is 0 Å². The van der Waals surface area contributed by atoms with Gasteiger partial charge in [-0.15, -0.1) is 0 Å². The first-order valence-electron chi connectivity index (χ1n) is 8.86. The fourth-order valence-electron chi connectivity index (χ4n) is 2.78. The van der Waals surface area contributed by atoms with Crippen molar-refractivity contribution in [2.45, 2.75) is 20.1 Å². The smallest absolute Gasteiger partial charge is 0.201 e. The first-order chi connectivity index (χ1) is 14.0. The van der Waals surface area contributed by atoms with Crippen molar-refractivity contribution in [3.8, 4) is 22.6 Å². The van der Waals surface area contributed by atoms with Crippen LogP contribution in [-0.2, 0) is 13.2 Å². The molecule has 0 bridgehead atoms. The maximum absolute atomic E-state index is 14.3. The fourth-order valence-corrected chi connectivity index (χ4v) is 2.78. The lowest BCUT2D eigenvalue weighted by molar-refractivity contribution is 0.270. The molecule has 1 N–H and O–H groups in total. The Hall–Kier alpha value is -3.06. The molecule has 0 unspecified atom stereocenters. The summed E-state index contributed by atoms with van der Waals surface area (Å²) in [5, 5.41) is 8.95. The highest BCUT2D eigenvalue weighted by atomic mass is 19.2. The minimum atomic E-state index is -1.11. The average molecular weight is 406 g/mol. The Kier molecular flexibility index (Phi) is 6.39. The van der Waals surface area contributed by atoms with Crippen LogP contribution in [0.1, 0.15) is 18.1 Å². The molecule has 0 spiro atoms. The first-order valence-corrected chi connectivity index (χ1v) is 8.86. The number of benzene rings is 3. The van der Waals surface area contributed by atoms with E-state index < -0.39 is 29.9 Å². The lowest BCUT2D eigenvalue weighted by Gasteiger charge is -2.11. The van der Waals surface area contributed by atoms with Crippen LogP contribution >= 0.6 is 0 Å². The van der Waals surface area contributed by atoms with Crippen LogP contribution in [0.3, 0.4) is 0 Å². The SMILES string of the molecule is CCOc1ccc(-c2ccc(OCc3ccc(CO)c(F)c3F)cc2)c(F)c1F. The van der Waals surface area contributed by atoms with Crippen LogP contribution < -0.4 is 9.47 Å². The average Bonchev–Trinajstić information content (AvgIpc) is 2.73. The van der Waals surface area contributed by atoms with Crippen molar-refractivity contribution in [1.82, 2.24) is 0 Å². The first kappa shape index (κ1) is 20.7. The van der Waals surface area contributed by atoms with E-state index in [0.29, 0.717) is 11.3 Å². The largest absolute Gasteiger partial charge is 0.491 e. The third-order valence-corrected chi connectivity index (χ3v) is 4.32. The van der Waals surface area contributed by atoms with Gasteiger partial charge >= 0.3 is 0 Å². The van der Waals surface area contributed by atoms with Crippen LogP contribution in [0.2, 0.25) is 0 Å². The van der Waals surface area contributed by atoms with E-state index >= 15 is 0 Å². The van der Waals surface area contributed by atoms with E-state index in [1.54, 1.807) is 6.92 Å². The molecule has 3 nitrogen and oxygen atoms in total. The highest BCUT2D eigenvalue weighted by molar-refractivity contribution is 5.66. The van der Waals surface area contributed by atoms with Gasteiger partial charge in [-0.05, 0) is 36.8 Å². The van der Waals surface area contributed by atoms with E-state index in [4.69, 9.17) is 14.6 Å². The number of aliphatic hydroxyl groups excluding tert-OH is 1. The van der Waals surface area contributed by atoms with Crippen LogP contribution in [0, 0.1) is 23.3 Å². The molecule has 3 aromatic carbocycles. The van der Waals surface area contributed by atoms with E-state index in [2.05, 4.69) is 0 Å². The Morgan fingerprint density at radius 3 is 2.03 bits per heavy atom. The predicted octanol–water partition coefficient (Wildman–Crippen LogP) is 5.38. The lowest BCUT2D eigenvalue weighted by Crippen LogP contribution is -2.03. The van der Waals surface area contributed by atoms with Crippen molar-refractivity contribution < 1.29 is 32.1 Å². The van der Waals surface area contributed by atoms with Gasteiger partial charge in [-0.3, -0.25) is 0 Å². The van der Waals surface area contributed by atoms with Gasteiger partial charge in [0.1, 0.15) is 12.4 Å².